The van der Waals surface area contributed by atoms with E-state index in [1.807, 2.05) is 0 Å². The molecule has 2 N–H and O–H groups in total. The van der Waals surface area contributed by atoms with Gasteiger partial charge in [0, 0.05) is 12.5 Å². The van der Waals surface area contributed by atoms with Gasteiger partial charge in [0.2, 0.25) is 5.91 Å². The summed E-state index contributed by atoms with van der Waals surface area (Å²) in [5, 5.41) is 0. The molecule has 1 saturated heterocycles. The molecule has 1 aliphatic carbocycles. The summed E-state index contributed by atoms with van der Waals surface area (Å²) in [5.41, 5.74) is 3.96. The van der Waals surface area contributed by atoms with E-state index in [1.54, 1.807) is 0 Å². The van der Waals surface area contributed by atoms with Gasteiger partial charge >= 0.3 is 6.18 Å². The highest BCUT2D eigenvalue weighted by Crippen LogP contribution is 2.50. The summed E-state index contributed by atoms with van der Waals surface area (Å²) >= 11 is 0. The van der Waals surface area contributed by atoms with Crippen LogP contribution >= 0.6 is 0 Å². The molecule has 1 aromatic carbocycles. The van der Waals surface area contributed by atoms with Crippen LogP contribution < -0.4 is 10.9 Å². The molecule has 0 unspecified atom stereocenters. The van der Waals surface area contributed by atoms with Gasteiger partial charge in [-0.25, -0.2) is 0 Å². The summed E-state index contributed by atoms with van der Waals surface area (Å²) in [6.45, 7) is 0.505. The molecule has 0 aromatic heterocycles. The van der Waals surface area contributed by atoms with Crippen LogP contribution in [0.4, 0.5) is 13.2 Å². The van der Waals surface area contributed by atoms with Gasteiger partial charge in [-0.05, 0) is 36.8 Å². The standard InChI is InChI=1S/C16H17F3N2O3/c17-16(18,19)12-5-2-1-4-9(12)10-8-11(10)14(22)20-21-15(23)13-6-3-7-24-13/h1-2,4-5,10-11,13H,3,6-8H2,(H,20,22)(H,21,23)/t10-,11-,13+/m1/s1. The highest BCUT2D eigenvalue weighted by atomic mass is 19.4. The molecule has 1 heterocycles. The van der Waals surface area contributed by atoms with Gasteiger partial charge in [0.25, 0.3) is 5.91 Å². The first kappa shape index (κ1) is 16.8. The van der Waals surface area contributed by atoms with Gasteiger partial charge in [-0.3, -0.25) is 20.4 Å². The number of nitrogens with one attached hydrogen (secondary N) is 2. The second-order valence-corrected chi connectivity index (χ2v) is 6.01. The highest BCUT2D eigenvalue weighted by molar-refractivity contribution is 5.87. The molecule has 2 aliphatic rings. The van der Waals surface area contributed by atoms with Crippen molar-refractivity contribution in [1.82, 2.24) is 10.9 Å². The fourth-order valence-corrected chi connectivity index (χ4v) is 2.99. The molecule has 130 valence electrons. The van der Waals surface area contributed by atoms with Crippen LogP contribution in [-0.2, 0) is 20.5 Å². The number of hydrogen-bond acceptors (Lipinski definition) is 3. The van der Waals surface area contributed by atoms with Crippen LogP contribution in [0.3, 0.4) is 0 Å². The Morgan fingerprint density at radius 3 is 2.50 bits per heavy atom. The third-order valence-electron chi connectivity index (χ3n) is 4.32. The molecule has 24 heavy (non-hydrogen) atoms. The zero-order valence-electron chi connectivity index (χ0n) is 12.7. The van der Waals surface area contributed by atoms with Crippen molar-refractivity contribution in [3.05, 3.63) is 35.4 Å². The molecule has 1 saturated carbocycles. The van der Waals surface area contributed by atoms with Crippen LogP contribution in [-0.4, -0.2) is 24.5 Å². The molecule has 2 amide bonds. The Kier molecular flexibility index (Phi) is 4.49. The molecule has 0 spiro atoms. The predicted octanol–water partition coefficient (Wildman–Crippen LogP) is 2.14. The molecule has 1 aromatic rings. The summed E-state index contributed by atoms with van der Waals surface area (Å²) in [5.74, 6) is -1.97. The lowest BCUT2D eigenvalue weighted by molar-refractivity contribution is -0.138. The molecule has 8 heteroatoms. The first-order chi connectivity index (χ1) is 11.4. The van der Waals surface area contributed by atoms with Gasteiger partial charge < -0.3 is 4.74 Å². The summed E-state index contributed by atoms with van der Waals surface area (Å²) in [6.07, 6.45) is -3.33. The van der Waals surface area contributed by atoms with E-state index in [0.717, 1.165) is 12.5 Å². The van der Waals surface area contributed by atoms with Crippen LogP contribution in [0.2, 0.25) is 0 Å². The third-order valence-corrected chi connectivity index (χ3v) is 4.32. The van der Waals surface area contributed by atoms with Gasteiger partial charge in [-0.15, -0.1) is 0 Å². The number of benzene rings is 1. The van der Waals surface area contributed by atoms with Crippen LogP contribution in [0.25, 0.3) is 0 Å². The van der Waals surface area contributed by atoms with Gasteiger partial charge in [-0.1, -0.05) is 18.2 Å². The van der Waals surface area contributed by atoms with Crippen molar-refractivity contribution < 1.29 is 27.5 Å². The predicted molar refractivity (Wildman–Crippen MR) is 77.6 cm³/mol. The first-order valence-electron chi connectivity index (χ1n) is 7.75. The van der Waals surface area contributed by atoms with Crippen LogP contribution in [0.1, 0.15) is 36.3 Å². The second kappa shape index (κ2) is 6.43. The maximum absolute atomic E-state index is 13.0. The average Bonchev–Trinajstić information content (AvgIpc) is 3.16. The number of amides is 2. The number of hydrogen-bond donors (Lipinski definition) is 2. The van der Waals surface area contributed by atoms with E-state index in [1.165, 1.54) is 18.2 Å². The van der Waals surface area contributed by atoms with Crippen LogP contribution in [0, 0.1) is 5.92 Å². The largest absolute Gasteiger partial charge is 0.416 e. The maximum atomic E-state index is 13.0. The second-order valence-electron chi connectivity index (χ2n) is 6.01. The van der Waals surface area contributed by atoms with E-state index < -0.39 is 41.5 Å². The van der Waals surface area contributed by atoms with Crippen LogP contribution in [0.5, 0.6) is 0 Å². The van der Waals surface area contributed by atoms with Crippen LogP contribution in [0.15, 0.2) is 24.3 Å². The van der Waals surface area contributed by atoms with Crippen molar-refractivity contribution in [3.8, 4) is 0 Å². The number of hydrazine groups is 1. The molecule has 3 rings (SSSR count). The Morgan fingerprint density at radius 2 is 1.83 bits per heavy atom. The fraction of sp³-hybridized carbons (Fsp3) is 0.500. The molecule has 0 radical (unpaired) electrons. The van der Waals surface area contributed by atoms with Crippen molar-refractivity contribution in [1.29, 1.82) is 0 Å². The topological polar surface area (TPSA) is 67.4 Å². The first-order valence-corrected chi connectivity index (χ1v) is 7.75. The summed E-state index contributed by atoms with van der Waals surface area (Å²) in [4.78, 5) is 23.8. The van der Waals surface area contributed by atoms with Gasteiger partial charge in [0.05, 0.1) is 5.56 Å². The molecule has 0 bridgehead atoms. The number of carbonyl (C=O) groups is 2. The smallest absolute Gasteiger partial charge is 0.368 e. The van der Waals surface area contributed by atoms with E-state index in [-0.39, 0.29) is 5.56 Å². The van der Waals surface area contributed by atoms with E-state index >= 15 is 0 Å². The minimum Gasteiger partial charge on any atom is -0.368 e. The Morgan fingerprint density at radius 1 is 1.12 bits per heavy atom. The van der Waals surface area contributed by atoms with Crippen molar-refractivity contribution in [3.63, 3.8) is 0 Å². The van der Waals surface area contributed by atoms with Gasteiger partial charge in [-0.2, -0.15) is 13.2 Å². The van der Waals surface area contributed by atoms with E-state index in [9.17, 15) is 22.8 Å². The fourth-order valence-electron chi connectivity index (χ4n) is 2.99. The molecule has 2 fully saturated rings. The lowest BCUT2D eigenvalue weighted by atomic mass is 10.0. The number of halogens is 3. The molecule has 3 atom stereocenters. The number of carbonyl (C=O) groups excluding carboxylic acids is 2. The zero-order chi connectivity index (χ0) is 17.3. The Balaban J connectivity index is 1.57. The van der Waals surface area contributed by atoms with E-state index in [0.29, 0.717) is 19.4 Å². The summed E-state index contributed by atoms with van der Waals surface area (Å²) in [7, 11) is 0. The quantitative estimate of drug-likeness (QED) is 0.827. The summed E-state index contributed by atoms with van der Waals surface area (Å²) in [6, 6.07) is 5.26. The van der Waals surface area contributed by atoms with Gasteiger partial charge in [0.1, 0.15) is 6.10 Å². The van der Waals surface area contributed by atoms with Crippen molar-refractivity contribution in [2.24, 2.45) is 5.92 Å². The minimum atomic E-state index is -4.45. The molecular formula is C16H17F3N2O3. The monoisotopic (exact) mass is 342 g/mol. The normalized spacial score (nSPS) is 26.0. The number of alkyl halides is 3. The summed E-state index contributed by atoms with van der Waals surface area (Å²) < 4.78 is 44.2. The van der Waals surface area contributed by atoms with E-state index in [4.69, 9.17) is 4.74 Å². The highest BCUT2D eigenvalue weighted by Gasteiger charge is 2.48. The van der Waals surface area contributed by atoms with E-state index in [2.05, 4.69) is 10.9 Å². The average molecular weight is 342 g/mol. The third kappa shape index (κ3) is 3.53. The zero-order valence-corrected chi connectivity index (χ0v) is 12.7. The maximum Gasteiger partial charge on any atom is 0.416 e. The van der Waals surface area contributed by atoms with Crippen molar-refractivity contribution >= 4 is 11.8 Å². The van der Waals surface area contributed by atoms with Crippen molar-refractivity contribution in [2.75, 3.05) is 6.61 Å². The Labute approximate surface area is 136 Å². The Hall–Kier alpha value is -2.09. The van der Waals surface area contributed by atoms with Gasteiger partial charge in [0.15, 0.2) is 0 Å². The van der Waals surface area contributed by atoms with Crippen molar-refractivity contribution in [2.45, 2.75) is 37.5 Å². The molecule has 1 aliphatic heterocycles. The molecular weight excluding hydrogens is 325 g/mol. The molecule has 5 nitrogen and oxygen atoms in total. The minimum absolute atomic E-state index is 0.121. The number of rotatable bonds is 3. The lowest BCUT2D eigenvalue weighted by Gasteiger charge is -2.13. The Bertz CT molecular complexity index is 642. The lowest BCUT2D eigenvalue weighted by Crippen LogP contribution is -2.47. The number of ether oxygens (including phenoxy) is 1. The SMILES string of the molecule is O=C(NNC(=O)[C@@H]1C[C@@H]1c1ccccc1C(F)(F)F)[C@@H]1CCCO1.